The van der Waals surface area contributed by atoms with Crippen molar-refractivity contribution in [2.24, 2.45) is 0 Å². The minimum atomic E-state index is -0.368. The van der Waals surface area contributed by atoms with Gasteiger partial charge in [0.25, 0.3) is 0 Å². The second-order valence-electron chi connectivity index (χ2n) is 5.78. The number of aryl methyl sites for hydroxylation is 1. The van der Waals surface area contributed by atoms with Gasteiger partial charge in [-0.3, -0.25) is 4.79 Å². The maximum absolute atomic E-state index is 12.2. The van der Waals surface area contributed by atoms with Gasteiger partial charge in [0.05, 0.1) is 12.9 Å². The molecule has 0 fully saturated rings. The lowest BCUT2D eigenvalue weighted by Crippen LogP contribution is -2.12. The number of nitrogens with zero attached hydrogens (tertiary/aromatic N) is 3. The van der Waals surface area contributed by atoms with E-state index in [-0.39, 0.29) is 11.7 Å². The minimum absolute atomic E-state index is 0.129. The minimum Gasteiger partial charge on any atom is -0.493 e. The molecule has 3 rings (SSSR count). The third-order valence-corrected chi connectivity index (χ3v) is 4.97. The maximum Gasteiger partial charge on any atom is 0.321 e. The fourth-order valence-electron chi connectivity index (χ4n) is 2.68. The van der Waals surface area contributed by atoms with Crippen LogP contribution in [-0.2, 0) is 11.3 Å². The largest absolute Gasteiger partial charge is 0.493 e. The van der Waals surface area contributed by atoms with Gasteiger partial charge in [0.2, 0.25) is 0 Å². The summed E-state index contributed by atoms with van der Waals surface area (Å²) < 4.78 is 12.6. The molecule has 0 aliphatic carbocycles. The Bertz CT molecular complexity index is 940. The van der Waals surface area contributed by atoms with Crippen LogP contribution in [0.5, 0.6) is 11.5 Å². The molecule has 0 aliphatic rings. The van der Waals surface area contributed by atoms with Gasteiger partial charge in [0.15, 0.2) is 22.5 Å². The first-order chi connectivity index (χ1) is 13.1. The standard InChI is InChI=1S/C20H21N3O3S/c1-4-23-19(15-10-6-5-9-14(15)2)21-22-20(23)27-13-18(24)26-17-12-8-7-11-16(17)25-3/h5-12H,4,13H2,1-3H3. The quantitative estimate of drug-likeness (QED) is 0.349. The van der Waals surface area contributed by atoms with Crippen molar-refractivity contribution in [2.45, 2.75) is 25.5 Å². The number of aromatic nitrogens is 3. The molecule has 7 heteroatoms. The normalized spacial score (nSPS) is 10.6. The Labute approximate surface area is 162 Å². The second-order valence-corrected chi connectivity index (χ2v) is 6.72. The molecular weight excluding hydrogens is 362 g/mol. The molecule has 0 bridgehead atoms. The third-order valence-electron chi connectivity index (χ3n) is 4.03. The highest BCUT2D eigenvalue weighted by Crippen LogP contribution is 2.28. The van der Waals surface area contributed by atoms with Crippen molar-refractivity contribution >= 4 is 17.7 Å². The first-order valence-corrected chi connectivity index (χ1v) is 9.58. The number of hydrogen-bond donors (Lipinski definition) is 0. The molecule has 0 saturated carbocycles. The Balaban J connectivity index is 1.71. The molecule has 2 aromatic carbocycles. The van der Waals surface area contributed by atoms with Crippen molar-refractivity contribution in [3.05, 3.63) is 54.1 Å². The van der Waals surface area contributed by atoms with Crippen molar-refractivity contribution in [1.82, 2.24) is 14.8 Å². The molecule has 140 valence electrons. The van der Waals surface area contributed by atoms with Crippen LogP contribution in [0.2, 0.25) is 0 Å². The number of hydrogen-bond acceptors (Lipinski definition) is 6. The van der Waals surface area contributed by atoms with Crippen molar-refractivity contribution < 1.29 is 14.3 Å². The van der Waals surface area contributed by atoms with Crippen LogP contribution in [0.25, 0.3) is 11.4 Å². The molecule has 0 radical (unpaired) electrons. The van der Waals surface area contributed by atoms with Crippen LogP contribution in [0.4, 0.5) is 0 Å². The van der Waals surface area contributed by atoms with E-state index >= 15 is 0 Å². The van der Waals surface area contributed by atoms with E-state index in [1.54, 1.807) is 18.2 Å². The molecule has 0 N–H and O–H groups in total. The first kappa shape index (κ1) is 19.0. The molecule has 0 amide bonds. The van der Waals surface area contributed by atoms with Gasteiger partial charge < -0.3 is 14.0 Å². The van der Waals surface area contributed by atoms with Crippen molar-refractivity contribution in [2.75, 3.05) is 12.9 Å². The topological polar surface area (TPSA) is 66.2 Å². The SMILES string of the molecule is CCn1c(SCC(=O)Oc2ccccc2OC)nnc1-c1ccccc1C. The first-order valence-electron chi connectivity index (χ1n) is 8.59. The smallest absolute Gasteiger partial charge is 0.321 e. The Kier molecular flexibility index (Phi) is 6.13. The second kappa shape index (κ2) is 8.73. The predicted octanol–water partition coefficient (Wildman–Crippen LogP) is 3.98. The summed E-state index contributed by atoms with van der Waals surface area (Å²) in [7, 11) is 1.54. The van der Waals surface area contributed by atoms with Crippen molar-refractivity contribution in [3.8, 4) is 22.9 Å². The van der Waals surface area contributed by atoms with E-state index in [1.165, 1.54) is 18.9 Å². The maximum atomic E-state index is 12.2. The number of carbonyl (C=O) groups excluding carboxylic acids is 1. The Hall–Kier alpha value is -2.80. The van der Waals surface area contributed by atoms with Crippen LogP contribution >= 0.6 is 11.8 Å². The lowest BCUT2D eigenvalue weighted by Gasteiger charge is -2.10. The van der Waals surface area contributed by atoms with Gasteiger partial charge in [-0.05, 0) is 31.5 Å². The zero-order valence-electron chi connectivity index (χ0n) is 15.5. The van der Waals surface area contributed by atoms with Gasteiger partial charge in [0, 0.05) is 12.1 Å². The summed E-state index contributed by atoms with van der Waals surface area (Å²) in [4.78, 5) is 12.2. The lowest BCUT2D eigenvalue weighted by molar-refractivity contribution is -0.131. The lowest BCUT2D eigenvalue weighted by atomic mass is 10.1. The zero-order valence-corrected chi connectivity index (χ0v) is 16.3. The Morgan fingerprint density at radius 3 is 2.48 bits per heavy atom. The molecule has 0 spiro atoms. The molecule has 1 heterocycles. The molecule has 3 aromatic rings. The highest BCUT2D eigenvalue weighted by Gasteiger charge is 2.17. The van der Waals surface area contributed by atoms with E-state index in [1.807, 2.05) is 48.7 Å². The molecule has 0 aliphatic heterocycles. The molecule has 1 aromatic heterocycles. The molecule has 0 unspecified atom stereocenters. The fourth-order valence-corrected chi connectivity index (χ4v) is 3.46. The molecule has 6 nitrogen and oxygen atoms in total. The van der Waals surface area contributed by atoms with E-state index in [0.29, 0.717) is 23.2 Å². The van der Waals surface area contributed by atoms with Crippen molar-refractivity contribution in [1.29, 1.82) is 0 Å². The summed E-state index contributed by atoms with van der Waals surface area (Å²) in [5.41, 5.74) is 2.17. The number of rotatable bonds is 7. The third kappa shape index (κ3) is 4.31. The highest BCUT2D eigenvalue weighted by atomic mass is 32.2. The number of para-hydroxylation sites is 2. The van der Waals surface area contributed by atoms with Gasteiger partial charge in [-0.1, -0.05) is 48.2 Å². The van der Waals surface area contributed by atoms with E-state index < -0.39 is 0 Å². The van der Waals surface area contributed by atoms with Gasteiger partial charge in [-0.15, -0.1) is 10.2 Å². The Morgan fingerprint density at radius 2 is 1.78 bits per heavy atom. The predicted molar refractivity (Wildman–Crippen MR) is 105 cm³/mol. The van der Waals surface area contributed by atoms with Crippen LogP contribution in [0.3, 0.4) is 0 Å². The zero-order chi connectivity index (χ0) is 19.2. The van der Waals surface area contributed by atoms with Gasteiger partial charge in [0.1, 0.15) is 0 Å². The average Bonchev–Trinajstić information content (AvgIpc) is 3.10. The summed E-state index contributed by atoms with van der Waals surface area (Å²) in [6.45, 7) is 4.78. The highest BCUT2D eigenvalue weighted by molar-refractivity contribution is 7.99. The van der Waals surface area contributed by atoms with E-state index in [0.717, 1.165) is 17.0 Å². The summed E-state index contributed by atoms with van der Waals surface area (Å²) in [5.74, 6) is 1.49. The number of ether oxygens (including phenoxy) is 2. The Morgan fingerprint density at radius 1 is 1.07 bits per heavy atom. The summed E-state index contributed by atoms with van der Waals surface area (Å²) >= 11 is 1.31. The van der Waals surface area contributed by atoms with Crippen LogP contribution < -0.4 is 9.47 Å². The van der Waals surface area contributed by atoms with Crippen LogP contribution in [0, 0.1) is 6.92 Å². The molecule has 0 atom stereocenters. The molecular formula is C20H21N3O3S. The van der Waals surface area contributed by atoms with Crippen molar-refractivity contribution in [3.63, 3.8) is 0 Å². The van der Waals surface area contributed by atoms with Gasteiger partial charge >= 0.3 is 5.97 Å². The van der Waals surface area contributed by atoms with Crippen LogP contribution in [-0.4, -0.2) is 33.6 Å². The number of methoxy groups -OCH3 is 1. The van der Waals surface area contributed by atoms with E-state index in [2.05, 4.69) is 10.2 Å². The summed E-state index contributed by atoms with van der Waals surface area (Å²) in [6, 6.07) is 15.1. The average molecular weight is 383 g/mol. The fraction of sp³-hybridized carbons (Fsp3) is 0.250. The van der Waals surface area contributed by atoms with Gasteiger partial charge in [-0.25, -0.2) is 0 Å². The van der Waals surface area contributed by atoms with Crippen LogP contribution in [0.15, 0.2) is 53.7 Å². The number of thioether (sulfide) groups is 1. The summed E-state index contributed by atoms with van der Waals surface area (Å²) in [6.07, 6.45) is 0. The van der Waals surface area contributed by atoms with Crippen LogP contribution in [0.1, 0.15) is 12.5 Å². The number of esters is 1. The number of benzene rings is 2. The van der Waals surface area contributed by atoms with Gasteiger partial charge in [-0.2, -0.15) is 0 Å². The van der Waals surface area contributed by atoms with E-state index in [4.69, 9.17) is 9.47 Å². The summed E-state index contributed by atoms with van der Waals surface area (Å²) in [5, 5.41) is 9.28. The van der Waals surface area contributed by atoms with E-state index in [9.17, 15) is 4.79 Å². The molecule has 27 heavy (non-hydrogen) atoms. The molecule has 0 saturated heterocycles. The number of carbonyl (C=O) groups is 1. The monoisotopic (exact) mass is 383 g/mol.